The van der Waals surface area contributed by atoms with E-state index in [0.29, 0.717) is 0 Å². The van der Waals surface area contributed by atoms with Crippen LogP contribution in [0.25, 0.3) is 0 Å². The first-order valence-corrected chi connectivity index (χ1v) is 5.26. The van der Waals surface area contributed by atoms with Crippen molar-refractivity contribution in [3.63, 3.8) is 0 Å². The molecule has 0 aromatic heterocycles. The van der Waals surface area contributed by atoms with E-state index in [2.05, 4.69) is 0 Å². The van der Waals surface area contributed by atoms with E-state index in [1.54, 1.807) is 0 Å². The molecule has 2 atom stereocenters. The van der Waals surface area contributed by atoms with Crippen molar-refractivity contribution in [2.24, 2.45) is 11.8 Å². The van der Waals surface area contributed by atoms with E-state index in [1.165, 1.54) is 36.5 Å². The van der Waals surface area contributed by atoms with Crippen LogP contribution in [0.2, 0.25) is 0 Å². The van der Waals surface area contributed by atoms with Gasteiger partial charge in [-0.1, -0.05) is 48.6 Å². The maximum absolute atomic E-state index is 11.4. The lowest BCUT2D eigenvalue weighted by atomic mass is 9.83. The van der Waals surface area contributed by atoms with Gasteiger partial charge in [-0.25, -0.2) is 0 Å². The zero-order chi connectivity index (χ0) is 15.0. The molecule has 2 aliphatic rings. The van der Waals surface area contributed by atoms with E-state index in [4.69, 9.17) is 2.74 Å². The molecule has 2 rings (SSSR count). The molecule has 92 valence electrons. The van der Waals surface area contributed by atoms with Crippen molar-refractivity contribution in [2.45, 2.75) is 0 Å². The smallest absolute Gasteiger partial charge is 0.314 e. The second-order valence-corrected chi connectivity index (χ2v) is 3.70. The van der Waals surface area contributed by atoms with Gasteiger partial charge in [0, 0.05) is 0 Å². The summed E-state index contributed by atoms with van der Waals surface area (Å²) in [6.45, 7) is 0. The van der Waals surface area contributed by atoms with Gasteiger partial charge in [0.2, 0.25) is 0 Å². The van der Waals surface area contributed by atoms with Gasteiger partial charge >= 0.3 is 11.9 Å². The standard InChI is InChI=1S/C14H12O4/c15-13(16)11-7-3-1-5-9(11)10-6-2-4-8-12(10)14(17)18/h1-8,11-12H,(H,15,16)(H,17,18)/i11D,12D. The van der Waals surface area contributed by atoms with Crippen molar-refractivity contribution in [1.82, 2.24) is 0 Å². The summed E-state index contributed by atoms with van der Waals surface area (Å²) >= 11 is 0. The monoisotopic (exact) mass is 246 g/mol. The Bertz CT molecular complexity index is 573. The SMILES string of the molecule is [2H]C1(C(=O)O)C=CC=CC1=C1C=CC=CC1([2H])C(=O)O. The van der Waals surface area contributed by atoms with Gasteiger partial charge in [-0.2, -0.15) is 0 Å². The number of rotatable bonds is 2. The minimum Gasteiger partial charge on any atom is -0.481 e. The lowest BCUT2D eigenvalue weighted by molar-refractivity contribution is -0.140. The van der Waals surface area contributed by atoms with Crippen LogP contribution in [-0.4, -0.2) is 22.2 Å². The molecule has 0 radical (unpaired) electrons. The van der Waals surface area contributed by atoms with Crippen LogP contribution in [0.15, 0.2) is 59.8 Å². The summed E-state index contributed by atoms with van der Waals surface area (Å²) in [6.07, 6.45) is 10.9. The Hall–Kier alpha value is -2.36. The van der Waals surface area contributed by atoms with Crippen LogP contribution in [0, 0.1) is 11.8 Å². The molecule has 18 heavy (non-hydrogen) atoms. The van der Waals surface area contributed by atoms with Crippen LogP contribution in [-0.2, 0) is 9.59 Å². The molecule has 4 nitrogen and oxygen atoms in total. The molecular formula is C14H12O4. The number of carboxylic acids is 2. The molecule has 0 amide bonds. The topological polar surface area (TPSA) is 74.6 Å². The predicted molar refractivity (Wildman–Crippen MR) is 65.8 cm³/mol. The predicted octanol–water partition coefficient (Wildman–Crippen LogP) is 1.94. The fourth-order valence-corrected chi connectivity index (χ4v) is 1.81. The average Bonchev–Trinajstić information content (AvgIpc) is 2.40. The highest BCUT2D eigenvalue weighted by molar-refractivity contribution is 5.82. The van der Waals surface area contributed by atoms with Crippen LogP contribution >= 0.6 is 0 Å². The van der Waals surface area contributed by atoms with Crippen molar-refractivity contribution < 1.29 is 22.5 Å². The molecule has 2 aliphatic carbocycles. The molecular weight excluding hydrogens is 232 g/mol. The first-order valence-electron chi connectivity index (χ1n) is 6.26. The van der Waals surface area contributed by atoms with Crippen LogP contribution in [0.4, 0.5) is 0 Å². The van der Waals surface area contributed by atoms with E-state index in [1.807, 2.05) is 0 Å². The second kappa shape index (κ2) is 4.87. The van der Waals surface area contributed by atoms with Crippen LogP contribution < -0.4 is 0 Å². The Labute approximate surface area is 107 Å². The first kappa shape index (κ1) is 9.65. The molecule has 0 heterocycles. The van der Waals surface area contributed by atoms with Gasteiger partial charge in [-0.3, -0.25) is 9.59 Å². The van der Waals surface area contributed by atoms with Gasteiger partial charge in [0.1, 0.15) is 11.8 Å². The number of allylic oxidation sites excluding steroid dienone is 6. The van der Waals surface area contributed by atoms with Gasteiger partial charge in [0.15, 0.2) is 0 Å². The largest absolute Gasteiger partial charge is 0.481 e. The Morgan fingerprint density at radius 1 is 0.889 bits per heavy atom. The minimum absolute atomic E-state index is 0.0227. The van der Waals surface area contributed by atoms with Crippen molar-refractivity contribution in [2.75, 3.05) is 0 Å². The number of hydrogen-bond donors (Lipinski definition) is 2. The molecule has 2 unspecified atom stereocenters. The summed E-state index contributed by atoms with van der Waals surface area (Å²) in [5.41, 5.74) is -0.0454. The number of hydrogen-bond acceptors (Lipinski definition) is 2. The number of carbonyl (C=O) groups is 2. The van der Waals surface area contributed by atoms with E-state index in [0.717, 1.165) is 12.2 Å². The Kier molecular flexibility index (Phi) is 2.61. The van der Waals surface area contributed by atoms with Crippen molar-refractivity contribution >= 4 is 11.9 Å². The van der Waals surface area contributed by atoms with Gasteiger partial charge in [0.05, 0.1) is 2.74 Å². The molecule has 4 heteroatoms. The third-order valence-corrected chi connectivity index (χ3v) is 2.61. The highest BCUT2D eigenvalue weighted by Crippen LogP contribution is 2.30. The van der Waals surface area contributed by atoms with Crippen LogP contribution in [0.3, 0.4) is 0 Å². The summed E-state index contributed by atoms with van der Waals surface area (Å²) in [6, 6.07) is 0. The Morgan fingerprint density at radius 3 is 1.61 bits per heavy atom. The quantitative estimate of drug-likeness (QED) is 0.780. The molecule has 0 bridgehead atoms. The fourth-order valence-electron chi connectivity index (χ4n) is 1.81. The minimum atomic E-state index is -2.10. The number of aliphatic carboxylic acids is 2. The highest BCUT2D eigenvalue weighted by Gasteiger charge is 2.28. The Balaban J connectivity index is 2.72. The normalized spacial score (nSPS) is 39.3. The van der Waals surface area contributed by atoms with Crippen LogP contribution in [0.1, 0.15) is 2.74 Å². The van der Waals surface area contributed by atoms with E-state index < -0.39 is 23.7 Å². The first-order chi connectivity index (χ1) is 9.32. The highest BCUT2D eigenvalue weighted by atomic mass is 16.4. The molecule has 0 spiro atoms. The third kappa shape index (κ3) is 2.18. The lowest BCUT2D eigenvalue weighted by Crippen LogP contribution is -2.21. The molecule has 0 aromatic rings. The van der Waals surface area contributed by atoms with E-state index >= 15 is 0 Å². The second-order valence-electron chi connectivity index (χ2n) is 3.70. The van der Waals surface area contributed by atoms with Crippen molar-refractivity contribution in [3.8, 4) is 0 Å². The summed E-state index contributed by atoms with van der Waals surface area (Å²) < 4.78 is 16.1. The summed E-state index contributed by atoms with van der Waals surface area (Å²) in [5, 5.41) is 18.5. The van der Waals surface area contributed by atoms with Gasteiger partial charge in [-0.05, 0) is 11.1 Å². The van der Waals surface area contributed by atoms with Gasteiger partial charge < -0.3 is 10.2 Å². The molecule has 2 N–H and O–H groups in total. The van der Waals surface area contributed by atoms with E-state index in [9.17, 15) is 19.8 Å². The zero-order valence-corrected chi connectivity index (χ0v) is 9.33. The zero-order valence-electron chi connectivity index (χ0n) is 11.3. The van der Waals surface area contributed by atoms with Gasteiger partial charge in [-0.15, -0.1) is 0 Å². The summed E-state index contributed by atoms with van der Waals surface area (Å²) in [5.74, 6) is -7.03. The Morgan fingerprint density at radius 2 is 1.28 bits per heavy atom. The summed E-state index contributed by atoms with van der Waals surface area (Å²) in [4.78, 5) is 22.7. The van der Waals surface area contributed by atoms with E-state index in [-0.39, 0.29) is 11.1 Å². The summed E-state index contributed by atoms with van der Waals surface area (Å²) in [7, 11) is 0. The molecule has 0 saturated heterocycles. The number of carboxylic acid groups (broad SMARTS) is 2. The van der Waals surface area contributed by atoms with Crippen LogP contribution in [0.5, 0.6) is 0 Å². The molecule has 0 saturated carbocycles. The van der Waals surface area contributed by atoms with Crippen molar-refractivity contribution in [3.05, 3.63) is 59.8 Å². The van der Waals surface area contributed by atoms with Crippen molar-refractivity contribution in [1.29, 1.82) is 0 Å². The van der Waals surface area contributed by atoms with Gasteiger partial charge in [0.25, 0.3) is 0 Å². The third-order valence-electron chi connectivity index (χ3n) is 2.61. The molecule has 0 fully saturated rings. The molecule has 0 aromatic carbocycles. The lowest BCUT2D eigenvalue weighted by Gasteiger charge is -2.20. The maximum Gasteiger partial charge on any atom is 0.314 e. The average molecular weight is 246 g/mol. The maximum atomic E-state index is 11.4. The fraction of sp³-hybridized carbons (Fsp3) is 0.143. The molecule has 0 aliphatic heterocycles.